The molecule has 1 aliphatic heterocycles. The molecule has 0 bridgehead atoms. The SMILES string of the molecule is Cc1cn2c(n1)CC[C@H](NC(=O)[C@H]1C[C@H]1c1cccnc1)C2. The number of hydrogen-bond donors (Lipinski definition) is 1. The Morgan fingerprint density at radius 2 is 2.36 bits per heavy atom. The average Bonchev–Trinajstić information content (AvgIpc) is 3.24. The van der Waals surface area contributed by atoms with Crippen LogP contribution in [0.2, 0.25) is 0 Å². The van der Waals surface area contributed by atoms with Gasteiger partial charge in [0.05, 0.1) is 5.69 Å². The van der Waals surface area contributed by atoms with E-state index < -0.39 is 0 Å². The number of carbonyl (C=O) groups excluding carboxylic acids is 1. The monoisotopic (exact) mass is 296 g/mol. The van der Waals surface area contributed by atoms with Crippen molar-refractivity contribution >= 4 is 5.91 Å². The van der Waals surface area contributed by atoms with Crippen molar-refractivity contribution in [2.24, 2.45) is 5.92 Å². The molecule has 114 valence electrons. The molecule has 2 aromatic rings. The van der Waals surface area contributed by atoms with Crippen molar-refractivity contribution in [3.05, 3.63) is 47.8 Å². The van der Waals surface area contributed by atoms with Crippen molar-refractivity contribution in [1.82, 2.24) is 19.9 Å². The first-order valence-electron chi connectivity index (χ1n) is 7.93. The van der Waals surface area contributed by atoms with Gasteiger partial charge in [-0.2, -0.15) is 0 Å². The standard InChI is InChI=1S/C17H20N4O/c1-11-9-21-10-13(4-5-16(21)19-11)20-17(22)15-7-14(15)12-3-2-6-18-8-12/h2-3,6,8-9,13-15H,4-5,7,10H2,1H3,(H,20,22)/t13-,14-,15-/m0/s1. The Morgan fingerprint density at radius 3 is 3.18 bits per heavy atom. The number of fused-ring (bicyclic) bond motifs is 1. The molecular formula is C17H20N4O. The van der Waals surface area contributed by atoms with Crippen LogP contribution in [0.5, 0.6) is 0 Å². The highest BCUT2D eigenvalue weighted by atomic mass is 16.2. The molecule has 5 heteroatoms. The van der Waals surface area contributed by atoms with Crippen LogP contribution in [-0.4, -0.2) is 26.5 Å². The van der Waals surface area contributed by atoms with Gasteiger partial charge in [-0.15, -0.1) is 0 Å². The third-order valence-corrected chi connectivity index (χ3v) is 4.70. The summed E-state index contributed by atoms with van der Waals surface area (Å²) in [6.45, 7) is 2.85. The van der Waals surface area contributed by atoms with Gasteiger partial charge >= 0.3 is 0 Å². The molecule has 0 radical (unpaired) electrons. The van der Waals surface area contributed by atoms with E-state index in [9.17, 15) is 4.79 Å². The Hall–Kier alpha value is -2.17. The molecule has 3 atom stereocenters. The molecule has 1 aliphatic carbocycles. The number of imidazole rings is 1. The number of amides is 1. The van der Waals surface area contributed by atoms with Gasteiger partial charge in [-0.05, 0) is 37.3 Å². The maximum Gasteiger partial charge on any atom is 0.224 e. The van der Waals surface area contributed by atoms with Crippen molar-refractivity contribution in [1.29, 1.82) is 0 Å². The van der Waals surface area contributed by atoms with Crippen molar-refractivity contribution < 1.29 is 4.79 Å². The number of nitrogens with zero attached hydrogens (tertiary/aromatic N) is 3. The van der Waals surface area contributed by atoms with E-state index in [0.717, 1.165) is 37.3 Å². The Bertz CT molecular complexity index is 694. The highest BCUT2D eigenvalue weighted by molar-refractivity contribution is 5.83. The van der Waals surface area contributed by atoms with Crippen molar-refractivity contribution in [3.63, 3.8) is 0 Å². The zero-order valence-electron chi connectivity index (χ0n) is 12.7. The molecule has 0 aromatic carbocycles. The van der Waals surface area contributed by atoms with E-state index in [-0.39, 0.29) is 17.9 Å². The van der Waals surface area contributed by atoms with Crippen molar-refractivity contribution in [3.8, 4) is 0 Å². The normalized spacial score (nSPS) is 26.3. The maximum absolute atomic E-state index is 12.4. The lowest BCUT2D eigenvalue weighted by Crippen LogP contribution is -2.41. The predicted octanol–water partition coefficient (Wildman–Crippen LogP) is 1.82. The third kappa shape index (κ3) is 2.51. The molecule has 1 N–H and O–H groups in total. The van der Waals surface area contributed by atoms with Crippen LogP contribution in [0.15, 0.2) is 30.7 Å². The first kappa shape index (κ1) is 13.5. The number of pyridine rings is 1. The van der Waals surface area contributed by atoms with Gasteiger partial charge in [0.25, 0.3) is 0 Å². The summed E-state index contributed by atoms with van der Waals surface area (Å²) in [5, 5.41) is 3.22. The Kier molecular flexibility index (Phi) is 3.21. The first-order valence-corrected chi connectivity index (χ1v) is 7.93. The second-order valence-electron chi connectivity index (χ2n) is 6.43. The van der Waals surface area contributed by atoms with Crippen LogP contribution in [0.3, 0.4) is 0 Å². The molecule has 2 aliphatic rings. The number of rotatable bonds is 3. The lowest BCUT2D eigenvalue weighted by atomic mass is 10.1. The van der Waals surface area contributed by atoms with E-state index in [0.29, 0.717) is 5.92 Å². The molecule has 0 spiro atoms. The van der Waals surface area contributed by atoms with Crippen LogP contribution in [0.25, 0.3) is 0 Å². The average molecular weight is 296 g/mol. The number of carbonyl (C=O) groups is 1. The minimum absolute atomic E-state index is 0.120. The zero-order chi connectivity index (χ0) is 15.1. The summed E-state index contributed by atoms with van der Waals surface area (Å²) in [6.07, 6.45) is 8.58. The van der Waals surface area contributed by atoms with E-state index >= 15 is 0 Å². The lowest BCUT2D eigenvalue weighted by molar-refractivity contribution is -0.123. The predicted molar refractivity (Wildman–Crippen MR) is 82.3 cm³/mol. The molecular weight excluding hydrogens is 276 g/mol. The molecule has 4 rings (SSSR count). The smallest absolute Gasteiger partial charge is 0.224 e. The van der Waals surface area contributed by atoms with Crippen LogP contribution in [0.1, 0.15) is 35.8 Å². The molecule has 5 nitrogen and oxygen atoms in total. The summed E-state index contributed by atoms with van der Waals surface area (Å²) in [5.41, 5.74) is 2.24. The molecule has 0 saturated heterocycles. The minimum atomic E-state index is 0.120. The van der Waals surface area contributed by atoms with Gasteiger partial charge in [-0.25, -0.2) is 4.98 Å². The van der Waals surface area contributed by atoms with Gasteiger partial charge in [-0.1, -0.05) is 6.07 Å². The number of nitrogens with one attached hydrogen (secondary N) is 1. The largest absolute Gasteiger partial charge is 0.351 e. The Morgan fingerprint density at radius 1 is 1.45 bits per heavy atom. The zero-order valence-corrected chi connectivity index (χ0v) is 12.7. The summed E-state index contributed by atoms with van der Waals surface area (Å²) in [5.74, 6) is 1.81. The number of hydrogen-bond acceptors (Lipinski definition) is 3. The first-order chi connectivity index (χ1) is 10.7. The summed E-state index contributed by atoms with van der Waals surface area (Å²) in [7, 11) is 0. The quantitative estimate of drug-likeness (QED) is 0.940. The van der Waals surface area contributed by atoms with Crippen LogP contribution in [-0.2, 0) is 17.8 Å². The van der Waals surface area contributed by atoms with E-state index in [2.05, 4.69) is 32.1 Å². The molecule has 0 unspecified atom stereocenters. The fourth-order valence-corrected chi connectivity index (χ4v) is 3.46. The number of aromatic nitrogens is 3. The van der Waals surface area contributed by atoms with E-state index in [1.807, 2.05) is 19.2 Å². The van der Waals surface area contributed by atoms with Crippen LogP contribution < -0.4 is 5.32 Å². The summed E-state index contributed by atoms with van der Waals surface area (Å²) in [4.78, 5) is 21.1. The second-order valence-corrected chi connectivity index (χ2v) is 6.43. The van der Waals surface area contributed by atoms with E-state index in [1.54, 1.807) is 6.20 Å². The molecule has 1 fully saturated rings. The minimum Gasteiger partial charge on any atom is -0.351 e. The van der Waals surface area contributed by atoms with Gasteiger partial charge in [0.1, 0.15) is 5.82 Å². The van der Waals surface area contributed by atoms with Crippen molar-refractivity contribution in [2.75, 3.05) is 0 Å². The lowest BCUT2D eigenvalue weighted by Gasteiger charge is -2.24. The molecule has 3 heterocycles. The Balaban J connectivity index is 1.36. The number of aryl methyl sites for hydroxylation is 2. The summed E-state index contributed by atoms with van der Waals surface area (Å²) < 4.78 is 2.18. The van der Waals surface area contributed by atoms with Gasteiger partial charge in [0.15, 0.2) is 0 Å². The van der Waals surface area contributed by atoms with E-state index in [4.69, 9.17) is 0 Å². The van der Waals surface area contributed by atoms with Crippen molar-refractivity contribution in [2.45, 2.75) is 44.7 Å². The fourth-order valence-electron chi connectivity index (χ4n) is 3.46. The van der Waals surface area contributed by atoms with Crippen LogP contribution in [0.4, 0.5) is 0 Å². The highest BCUT2D eigenvalue weighted by Gasteiger charge is 2.44. The molecule has 22 heavy (non-hydrogen) atoms. The summed E-state index contributed by atoms with van der Waals surface area (Å²) >= 11 is 0. The Labute approximate surface area is 129 Å². The van der Waals surface area contributed by atoms with E-state index in [1.165, 1.54) is 5.56 Å². The maximum atomic E-state index is 12.4. The van der Waals surface area contributed by atoms with Crippen LogP contribution in [0, 0.1) is 12.8 Å². The molecule has 2 aromatic heterocycles. The topological polar surface area (TPSA) is 59.8 Å². The second kappa shape index (κ2) is 5.23. The van der Waals surface area contributed by atoms with Gasteiger partial charge in [0.2, 0.25) is 5.91 Å². The van der Waals surface area contributed by atoms with Gasteiger partial charge in [0, 0.05) is 43.5 Å². The highest BCUT2D eigenvalue weighted by Crippen LogP contribution is 2.47. The van der Waals surface area contributed by atoms with Gasteiger partial charge < -0.3 is 9.88 Å². The fraction of sp³-hybridized carbons (Fsp3) is 0.471. The van der Waals surface area contributed by atoms with Crippen LogP contribution >= 0.6 is 0 Å². The molecule has 1 saturated carbocycles. The summed E-state index contributed by atoms with van der Waals surface area (Å²) in [6, 6.07) is 4.22. The molecule has 1 amide bonds. The van der Waals surface area contributed by atoms with Gasteiger partial charge in [-0.3, -0.25) is 9.78 Å². The third-order valence-electron chi connectivity index (χ3n) is 4.70.